The molecule has 6 nitrogen and oxygen atoms in total. The van der Waals surface area contributed by atoms with Crippen LogP contribution in [0.4, 0.5) is 5.82 Å². The van der Waals surface area contributed by atoms with E-state index >= 15 is 0 Å². The fraction of sp³-hybridized carbons (Fsp3) is 0.400. The van der Waals surface area contributed by atoms with Gasteiger partial charge in [-0.1, -0.05) is 19.1 Å². The molecule has 0 radical (unpaired) electrons. The molecule has 1 amide bonds. The first kappa shape index (κ1) is 21.2. The lowest BCUT2D eigenvalue weighted by Gasteiger charge is -2.23. The molecule has 1 saturated heterocycles. The first-order chi connectivity index (χ1) is 15.0. The van der Waals surface area contributed by atoms with Crippen LogP contribution in [-0.4, -0.2) is 35.6 Å². The standard InChI is InChI=1S/C25H30N4O2/c1-16-5-3-9-27-23(16)19-7-8-22-20(12-19)13-21(24(26)29-22)11-17(2)25(30)28-14-18-6-4-10-31-15-18/h3,5,7-9,12-13,17-18H,4,6,10-11,14-15H2,1-2H3,(H2,26,29)(H,28,30). The molecule has 0 spiro atoms. The molecule has 0 bridgehead atoms. The van der Waals surface area contributed by atoms with Gasteiger partial charge in [0.2, 0.25) is 5.91 Å². The van der Waals surface area contributed by atoms with Crippen molar-refractivity contribution in [3.05, 3.63) is 53.7 Å². The molecule has 2 unspecified atom stereocenters. The Hall–Kier alpha value is -2.99. The van der Waals surface area contributed by atoms with E-state index in [0.717, 1.165) is 59.3 Å². The minimum absolute atomic E-state index is 0.0444. The number of amides is 1. The lowest BCUT2D eigenvalue weighted by Crippen LogP contribution is -2.36. The number of nitrogens with zero attached hydrogens (tertiary/aromatic N) is 2. The van der Waals surface area contributed by atoms with Gasteiger partial charge in [-0.15, -0.1) is 0 Å². The number of rotatable bonds is 6. The van der Waals surface area contributed by atoms with Gasteiger partial charge in [-0.2, -0.15) is 0 Å². The highest BCUT2D eigenvalue weighted by molar-refractivity contribution is 5.86. The number of nitrogens with two attached hydrogens (primary N) is 1. The second kappa shape index (κ2) is 9.43. The molecule has 0 aliphatic carbocycles. The molecule has 0 saturated carbocycles. The van der Waals surface area contributed by atoms with Gasteiger partial charge < -0.3 is 15.8 Å². The number of carbonyl (C=O) groups excluding carboxylic acids is 1. The summed E-state index contributed by atoms with van der Waals surface area (Å²) in [6.07, 6.45) is 4.53. The van der Waals surface area contributed by atoms with E-state index < -0.39 is 0 Å². The zero-order valence-corrected chi connectivity index (χ0v) is 18.2. The molecule has 1 aliphatic heterocycles. The summed E-state index contributed by atoms with van der Waals surface area (Å²) >= 11 is 0. The molecule has 1 aliphatic rings. The number of fused-ring (bicyclic) bond motifs is 1. The minimum Gasteiger partial charge on any atom is -0.383 e. The van der Waals surface area contributed by atoms with Crippen molar-refractivity contribution in [1.82, 2.24) is 15.3 Å². The zero-order valence-electron chi connectivity index (χ0n) is 18.2. The van der Waals surface area contributed by atoms with Gasteiger partial charge in [-0.3, -0.25) is 9.78 Å². The topological polar surface area (TPSA) is 90.1 Å². The van der Waals surface area contributed by atoms with Gasteiger partial charge in [-0.25, -0.2) is 4.98 Å². The monoisotopic (exact) mass is 418 g/mol. The van der Waals surface area contributed by atoms with Crippen molar-refractivity contribution in [3.8, 4) is 11.3 Å². The van der Waals surface area contributed by atoms with E-state index in [1.54, 1.807) is 6.20 Å². The highest BCUT2D eigenvalue weighted by Gasteiger charge is 2.19. The summed E-state index contributed by atoms with van der Waals surface area (Å²) in [5, 5.41) is 4.08. The van der Waals surface area contributed by atoms with Gasteiger partial charge in [0, 0.05) is 36.2 Å². The van der Waals surface area contributed by atoms with Gasteiger partial charge in [-0.05, 0) is 67.5 Å². The van der Waals surface area contributed by atoms with Crippen LogP contribution in [0.5, 0.6) is 0 Å². The quantitative estimate of drug-likeness (QED) is 0.633. The van der Waals surface area contributed by atoms with Crippen molar-refractivity contribution in [2.24, 2.45) is 11.8 Å². The number of pyridine rings is 2. The Morgan fingerprint density at radius 3 is 2.97 bits per heavy atom. The smallest absolute Gasteiger partial charge is 0.223 e. The van der Waals surface area contributed by atoms with Gasteiger partial charge in [0.25, 0.3) is 0 Å². The molecule has 3 aromatic rings. The van der Waals surface area contributed by atoms with E-state index in [0.29, 0.717) is 24.7 Å². The molecule has 2 atom stereocenters. The van der Waals surface area contributed by atoms with E-state index in [1.807, 2.05) is 25.1 Å². The molecule has 3 N–H and O–H groups in total. The van der Waals surface area contributed by atoms with Gasteiger partial charge in [0.15, 0.2) is 0 Å². The molecular formula is C25H30N4O2. The molecule has 2 aromatic heterocycles. The fourth-order valence-corrected chi connectivity index (χ4v) is 4.14. The fourth-order valence-electron chi connectivity index (χ4n) is 4.14. The number of hydrogen-bond acceptors (Lipinski definition) is 5. The summed E-state index contributed by atoms with van der Waals surface area (Å²) in [6, 6.07) is 12.1. The van der Waals surface area contributed by atoms with Crippen LogP contribution in [0.3, 0.4) is 0 Å². The maximum Gasteiger partial charge on any atom is 0.223 e. The summed E-state index contributed by atoms with van der Waals surface area (Å²) in [5.41, 5.74) is 11.1. The Kier molecular flexibility index (Phi) is 6.47. The Labute approximate surface area is 183 Å². The number of hydrogen-bond donors (Lipinski definition) is 2. The van der Waals surface area contributed by atoms with E-state index in [1.165, 1.54) is 0 Å². The highest BCUT2D eigenvalue weighted by atomic mass is 16.5. The first-order valence-electron chi connectivity index (χ1n) is 11.0. The van der Waals surface area contributed by atoms with E-state index in [9.17, 15) is 4.79 Å². The first-order valence-corrected chi connectivity index (χ1v) is 11.0. The van der Waals surface area contributed by atoms with E-state index in [2.05, 4.69) is 40.4 Å². The Morgan fingerprint density at radius 1 is 1.32 bits per heavy atom. The van der Waals surface area contributed by atoms with Crippen molar-refractivity contribution in [1.29, 1.82) is 0 Å². The Morgan fingerprint density at radius 2 is 2.19 bits per heavy atom. The van der Waals surface area contributed by atoms with Crippen LogP contribution in [-0.2, 0) is 16.0 Å². The lowest BCUT2D eigenvalue weighted by molar-refractivity contribution is -0.124. The van der Waals surface area contributed by atoms with Crippen molar-refractivity contribution in [2.45, 2.75) is 33.1 Å². The van der Waals surface area contributed by atoms with E-state index in [4.69, 9.17) is 10.5 Å². The molecule has 4 rings (SSSR count). The number of nitrogen functional groups attached to an aromatic ring is 1. The minimum atomic E-state index is -0.188. The number of aryl methyl sites for hydroxylation is 1. The largest absolute Gasteiger partial charge is 0.383 e. The third-order valence-electron chi connectivity index (χ3n) is 6.00. The van der Waals surface area contributed by atoms with Crippen molar-refractivity contribution >= 4 is 22.6 Å². The highest BCUT2D eigenvalue weighted by Crippen LogP contribution is 2.27. The second-order valence-corrected chi connectivity index (χ2v) is 8.54. The maximum absolute atomic E-state index is 12.6. The molecule has 3 heterocycles. The number of benzene rings is 1. The molecule has 162 valence electrons. The Balaban J connectivity index is 1.49. The number of aromatic nitrogens is 2. The molecule has 1 aromatic carbocycles. The van der Waals surface area contributed by atoms with Crippen LogP contribution in [0.2, 0.25) is 0 Å². The lowest BCUT2D eigenvalue weighted by atomic mass is 9.97. The third kappa shape index (κ3) is 5.02. The SMILES string of the molecule is Cc1cccnc1-c1ccc2nc(N)c(CC(C)C(=O)NCC3CCCOC3)cc2c1. The molecular weight excluding hydrogens is 388 g/mol. The normalized spacial score (nSPS) is 17.4. The van der Waals surface area contributed by atoms with Crippen LogP contribution in [0.25, 0.3) is 22.2 Å². The van der Waals surface area contributed by atoms with Crippen LogP contribution in [0.1, 0.15) is 30.9 Å². The molecule has 31 heavy (non-hydrogen) atoms. The van der Waals surface area contributed by atoms with Crippen LogP contribution in [0, 0.1) is 18.8 Å². The maximum atomic E-state index is 12.6. The van der Waals surface area contributed by atoms with Gasteiger partial charge in [0.1, 0.15) is 5.82 Å². The van der Waals surface area contributed by atoms with E-state index in [-0.39, 0.29) is 11.8 Å². The second-order valence-electron chi connectivity index (χ2n) is 8.54. The average molecular weight is 419 g/mol. The van der Waals surface area contributed by atoms with Crippen LogP contribution < -0.4 is 11.1 Å². The van der Waals surface area contributed by atoms with Crippen molar-refractivity contribution in [2.75, 3.05) is 25.5 Å². The summed E-state index contributed by atoms with van der Waals surface area (Å²) in [4.78, 5) is 21.7. The number of nitrogens with one attached hydrogen (secondary N) is 1. The number of anilines is 1. The number of carbonyl (C=O) groups is 1. The predicted molar refractivity (Wildman–Crippen MR) is 124 cm³/mol. The summed E-state index contributed by atoms with van der Waals surface area (Å²) in [5.74, 6) is 0.746. The number of ether oxygens (including phenoxy) is 1. The molecule has 1 fully saturated rings. The third-order valence-corrected chi connectivity index (χ3v) is 6.00. The van der Waals surface area contributed by atoms with Gasteiger partial charge >= 0.3 is 0 Å². The van der Waals surface area contributed by atoms with Crippen LogP contribution in [0.15, 0.2) is 42.6 Å². The van der Waals surface area contributed by atoms with Crippen molar-refractivity contribution in [3.63, 3.8) is 0 Å². The predicted octanol–water partition coefficient (Wildman–Crippen LogP) is 3.91. The van der Waals surface area contributed by atoms with Crippen LogP contribution >= 0.6 is 0 Å². The average Bonchev–Trinajstić information content (AvgIpc) is 2.78. The van der Waals surface area contributed by atoms with Crippen molar-refractivity contribution < 1.29 is 9.53 Å². The van der Waals surface area contributed by atoms with Gasteiger partial charge in [0.05, 0.1) is 17.8 Å². The summed E-state index contributed by atoms with van der Waals surface area (Å²) in [6.45, 7) is 6.22. The summed E-state index contributed by atoms with van der Waals surface area (Å²) < 4.78 is 5.50. The zero-order chi connectivity index (χ0) is 21.8. The Bertz CT molecular complexity index is 1080. The summed E-state index contributed by atoms with van der Waals surface area (Å²) in [7, 11) is 0. The molecule has 6 heteroatoms.